The fourth-order valence-corrected chi connectivity index (χ4v) is 4.14. The van der Waals surface area contributed by atoms with Gasteiger partial charge in [0.05, 0.1) is 4.90 Å². The highest BCUT2D eigenvalue weighted by molar-refractivity contribution is 7.89. The molecule has 0 aliphatic carbocycles. The van der Waals surface area contributed by atoms with Crippen molar-refractivity contribution in [2.24, 2.45) is 11.1 Å². The maximum Gasteiger partial charge on any atom is 0.253 e. The second kappa shape index (κ2) is 6.82. The van der Waals surface area contributed by atoms with Gasteiger partial charge in [0.1, 0.15) is 0 Å². The van der Waals surface area contributed by atoms with E-state index in [-0.39, 0.29) is 28.3 Å². The van der Waals surface area contributed by atoms with E-state index in [9.17, 15) is 13.2 Å². The van der Waals surface area contributed by atoms with Gasteiger partial charge in [0.25, 0.3) is 5.91 Å². The zero-order valence-corrected chi connectivity index (χ0v) is 15.6. The van der Waals surface area contributed by atoms with Crippen molar-refractivity contribution in [1.82, 2.24) is 9.62 Å². The van der Waals surface area contributed by atoms with Crippen LogP contribution in [0, 0.1) is 5.41 Å². The molecule has 1 amide bonds. The predicted octanol–water partition coefficient (Wildman–Crippen LogP) is 1.57. The SMILES string of the molecule is CC(C)NS(=O)(=O)c1ccc(C(=O)N2CCC(N)C(C)(C)C2)cc1. The van der Waals surface area contributed by atoms with Crippen LogP contribution in [0.2, 0.25) is 0 Å². The summed E-state index contributed by atoms with van der Waals surface area (Å²) in [6.45, 7) is 8.87. The largest absolute Gasteiger partial charge is 0.338 e. The van der Waals surface area contributed by atoms with Crippen LogP contribution in [0.4, 0.5) is 0 Å². The van der Waals surface area contributed by atoms with Gasteiger partial charge in [-0.3, -0.25) is 4.79 Å². The summed E-state index contributed by atoms with van der Waals surface area (Å²) in [5.41, 5.74) is 6.47. The van der Waals surface area contributed by atoms with E-state index >= 15 is 0 Å². The molecule has 0 saturated carbocycles. The van der Waals surface area contributed by atoms with Crippen LogP contribution in [0.15, 0.2) is 29.2 Å². The molecular formula is C17H27N3O3S. The lowest BCUT2D eigenvalue weighted by Crippen LogP contribution is -2.54. The maximum atomic E-state index is 12.7. The molecule has 6 nitrogen and oxygen atoms in total. The quantitative estimate of drug-likeness (QED) is 0.859. The van der Waals surface area contributed by atoms with Crippen molar-refractivity contribution in [2.75, 3.05) is 13.1 Å². The normalized spacial score (nSPS) is 21.1. The number of piperidine rings is 1. The van der Waals surface area contributed by atoms with Crippen LogP contribution < -0.4 is 10.5 Å². The zero-order valence-electron chi connectivity index (χ0n) is 14.7. The first kappa shape index (κ1) is 18.9. The molecule has 1 saturated heterocycles. The minimum atomic E-state index is -3.54. The van der Waals surface area contributed by atoms with E-state index in [1.54, 1.807) is 30.9 Å². The standard InChI is InChI=1S/C17H27N3O3S/c1-12(2)19-24(22,23)14-7-5-13(6-8-14)16(21)20-10-9-15(18)17(3,4)11-20/h5-8,12,15,19H,9-11,18H2,1-4H3. The Balaban J connectivity index is 2.15. The van der Waals surface area contributed by atoms with Crippen LogP contribution in [-0.4, -0.2) is 44.4 Å². The lowest BCUT2D eigenvalue weighted by Gasteiger charge is -2.42. The van der Waals surface area contributed by atoms with E-state index in [4.69, 9.17) is 5.73 Å². The number of benzene rings is 1. The van der Waals surface area contributed by atoms with Crippen molar-refractivity contribution in [3.63, 3.8) is 0 Å². The lowest BCUT2D eigenvalue weighted by molar-refractivity contribution is 0.0533. The molecule has 1 aliphatic heterocycles. The number of carbonyl (C=O) groups is 1. The van der Waals surface area contributed by atoms with Gasteiger partial charge < -0.3 is 10.6 Å². The number of sulfonamides is 1. The monoisotopic (exact) mass is 353 g/mol. The Labute approximate surface area is 144 Å². The molecule has 1 fully saturated rings. The fraction of sp³-hybridized carbons (Fsp3) is 0.588. The van der Waals surface area contributed by atoms with Gasteiger partial charge >= 0.3 is 0 Å². The van der Waals surface area contributed by atoms with Gasteiger partial charge in [-0.1, -0.05) is 13.8 Å². The van der Waals surface area contributed by atoms with E-state index in [0.717, 1.165) is 6.42 Å². The Morgan fingerprint density at radius 2 is 1.88 bits per heavy atom. The summed E-state index contributed by atoms with van der Waals surface area (Å²) < 4.78 is 26.8. The van der Waals surface area contributed by atoms with Crippen LogP contribution in [-0.2, 0) is 10.0 Å². The molecular weight excluding hydrogens is 326 g/mol. The smallest absolute Gasteiger partial charge is 0.253 e. The molecule has 7 heteroatoms. The fourth-order valence-electron chi connectivity index (χ4n) is 2.88. The van der Waals surface area contributed by atoms with Gasteiger partial charge in [0.2, 0.25) is 10.0 Å². The van der Waals surface area contributed by atoms with E-state index < -0.39 is 10.0 Å². The van der Waals surface area contributed by atoms with Crippen LogP contribution in [0.1, 0.15) is 44.5 Å². The van der Waals surface area contributed by atoms with Gasteiger partial charge in [-0.15, -0.1) is 0 Å². The highest BCUT2D eigenvalue weighted by atomic mass is 32.2. The summed E-state index contributed by atoms with van der Waals surface area (Å²) in [5.74, 6) is -0.0873. The molecule has 1 atom stereocenters. The Bertz CT molecular complexity index is 696. The van der Waals surface area contributed by atoms with Gasteiger partial charge in [0, 0.05) is 30.7 Å². The van der Waals surface area contributed by atoms with Crippen molar-refractivity contribution >= 4 is 15.9 Å². The average Bonchev–Trinajstić information content (AvgIpc) is 2.48. The van der Waals surface area contributed by atoms with Gasteiger partial charge in [-0.25, -0.2) is 13.1 Å². The highest BCUT2D eigenvalue weighted by Crippen LogP contribution is 2.28. The number of nitrogens with one attached hydrogen (secondary N) is 1. The molecule has 1 heterocycles. The Morgan fingerprint density at radius 1 is 1.29 bits per heavy atom. The van der Waals surface area contributed by atoms with Crippen LogP contribution in [0.25, 0.3) is 0 Å². The molecule has 1 aliphatic rings. The molecule has 0 spiro atoms. The molecule has 1 aromatic rings. The molecule has 1 unspecified atom stereocenters. The van der Waals surface area contributed by atoms with Gasteiger partial charge in [0.15, 0.2) is 0 Å². The molecule has 0 radical (unpaired) electrons. The molecule has 1 aromatic carbocycles. The molecule has 3 N–H and O–H groups in total. The molecule has 0 aromatic heterocycles. The van der Waals surface area contributed by atoms with Crippen LogP contribution in [0.3, 0.4) is 0 Å². The third kappa shape index (κ3) is 4.15. The Kier molecular flexibility index (Phi) is 5.37. The third-order valence-corrected chi connectivity index (χ3v) is 6.08. The average molecular weight is 353 g/mol. The van der Waals surface area contributed by atoms with Crippen molar-refractivity contribution in [3.05, 3.63) is 29.8 Å². The number of likely N-dealkylation sites (tertiary alicyclic amines) is 1. The second-order valence-electron chi connectivity index (χ2n) is 7.41. The van der Waals surface area contributed by atoms with Crippen LogP contribution >= 0.6 is 0 Å². The number of hydrogen-bond donors (Lipinski definition) is 2. The van der Waals surface area contributed by atoms with Crippen molar-refractivity contribution < 1.29 is 13.2 Å². The molecule has 2 rings (SSSR count). The van der Waals surface area contributed by atoms with Crippen molar-refractivity contribution in [1.29, 1.82) is 0 Å². The summed E-state index contributed by atoms with van der Waals surface area (Å²) in [5, 5.41) is 0. The number of nitrogens with two attached hydrogens (primary N) is 1. The number of amides is 1. The summed E-state index contributed by atoms with van der Waals surface area (Å²) in [6.07, 6.45) is 0.767. The summed E-state index contributed by atoms with van der Waals surface area (Å²) in [7, 11) is -3.54. The number of nitrogens with zero attached hydrogens (tertiary/aromatic N) is 1. The second-order valence-corrected chi connectivity index (χ2v) is 9.12. The topological polar surface area (TPSA) is 92.5 Å². The molecule has 24 heavy (non-hydrogen) atoms. The van der Waals surface area contributed by atoms with Gasteiger partial charge in [-0.05, 0) is 49.9 Å². The minimum Gasteiger partial charge on any atom is -0.338 e. The third-order valence-electron chi connectivity index (χ3n) is 4.40. The Morgan fingerprint density at radius 3 is 2.38 bits per heavy atom. The van der Waals surface area contributed by atoms with Crippen molar-refractivity contribution in [2.45, 2.75) is 51.1 Å². The van der Waals surface area contributed by atoms with E-state index in [1.165, 1.54) is 12.1 Å². The van der Waals surface area contributed by atoms with E-state index in [1.807, 2.05) is 0 Å². The first-order chi connectivity index (χ1) is 11.0. The Hall–Kier alpha value is -1.44. The number of carbonyl (C=O) groups excluding carboxylic acids is 1. The van der Waals surface area contributed by atoms with Gasteiger partial charge in [-0.2, -0.15) is 0 Å². The van der Waals surface area contributed by atoms with Crippen molar-refractivity contribution in [3.8, 4) is 0 Å². The highest BCUT2D eigenvalue weighted by Gasteiger charge is 2.35. The number of hydrogen-bond acceptors (Lipinski definition) is 4. The predicted molar refractivity (Wildman–Crippen MR) is 94.2 cm³/mol. The summed E-state index contributed by atoms with van der Waals surface area (Å²) >= 11 is 0. The maximum absolute atomic E-state index is 12.7. The van der Waals surface area contributed by atoms with E-state index in [2.05, 4.69) is 18.6 Å². The number of rotatable bonds is 4. The minimum absolute atomic E-state index is 0.0798. The van der Waals surface area contributed by atoms with E-state index in [0.29, 0.717) is 18.7 Å². The summed E-state index contributed by atoms with van der Waals surface area (Å²) in [6, 6.07) is 5.97. The molecule has 0 bridgehead atoms. The first-order valence-corrected chi connectivity index (χ1v) is 9.68. The first-order valence-electron chi connectivity index (χ1n) is 8.20. The van der Waals surface area contributed by atoms with Crippen LogP contribution in [0.5, 0.6) is 0 Å². The molecule has 134 valence electrons. The summed E-state index contributed by atoms with van der Waals surface area (Å²) in [4.78, 5) is 14.6. The zero-order chi connectivity index (χ0) is 18.1. The lowest BCUT2D eigenvalue weighted by atomic mass is 9.79.